The van der Waals surface area contributed by atoms with Gasteiger partial charge < -0.3 is 9.84 Å². The minimum Gasteiger partial charge on any atom is -0.481 e. The van der Waals surface area contributed by atoms with E-state index in [1.165, 1.54) is 0 Å². The van der Waals surface area contributed by atoms with E-state index in [0.717, 1.165) is 11.3 Å². The third kappa shape index (κ3) is 3.64. The van der Waals surface area contributed by atoms with Gasteiger partial charge in [-0.15, -0.1) is 6.42 Å². The van der Waals surface area contributed by atoms with E-state index in [4.69, 9.17) is 16.3 Å². The predicted molar refractivity (Wildman–Crippen MR) is 53.4 cm³/mol. The fraction of sp³-hybridized carbons (Fsp3) is 0.273. The van der Waals surface area contributed by atoms with Crippen LogP contribution in [0.2, 0.25) is 0 Å². The molecule has 70 valence electrons. The van der Waals surface area contributed by atoms with Crippen molar-refractivity contribution in [3.05, 3.63) is 29.8 Å². The molecule has 0 atom stereocenters. The molecule has 1 rings (SSSR count). The normalized spacial score (nSPS) is 8.31. The number of benzene rings is 1. The zero-order chi connectivity index (χ0) is 8.81. The molecule has 0 unspecified atom stereocenters. The van der Waals surface area contributed by atoms with Gasteiger partial charge in [0.25, 0.3) is 0 Å². The Hall–Kier alpha value is -1.46. The van der Waals surface area contributed by atoms with E-state index < -0.39 is 0 Å². The molecule has 1 N–H and O–H groups in total. The minimum atomic E-state index is 0. The molecular weight excluding hydrogens is 164 g/mol. The first-order chi connectivity index (χ1) is 5.86. The first kappa shape index (κ1) is 11.5. The summed E-state index contributed by atoms with van der Waals surface area (Å²) in [6, 6.07) is 7.16. The zero-order valence-electron chi connectivity index (χ0n) is 6.66. The van der Waals surface area contributed by atoms with Crippen LogP contribution in [0.25, 0.3) is 0 Å². The molecule has 0 bridgehead atoms. The highest BCUT2D eigenvalue weighted by Crippen LogP contribution is 2.11. The second-order valence-corrected chi connectivity index (χ2v) is 2.29. The Morgan fingerprint density at radius 2 is 1.92 bits per heavy atom. The van der Waals surface area contributed by atoms with Gasteiger partial charge in [0.2, 0.25) is 0 Å². The third-order valence-electron chi connectivity index (χ3n) is 1.43. The van der Waals surface area contributed by atoms with Crippen molar-refractivity contribution in [3.63, 3.8) is 0 Å². The van der Waals surface area contributed by atoms with Crippen LogP contribution in [0.4, 0.5) is 0 Å². The van der Waals surface area contributed by atoms with Crippen LogP contribution in [0.15, 0.2) is 24.3 Å². The fourth-order valence-corrected chi connectivity index (χ4v) is 0.816. The molecule has 0 aliphatic carbocycles. The molecule has 0 spiro atoms. The van der Waals surface area contributed by atoms with Gasteiger partial charge in [-0.2, -0.15) is 0 Å². The second-order valence-electron chi connectivity index (χ2n) is 2.29. The molecule has 0 aromatic heterocycles. The summed E-state index contributed by atoms with van der Waals surface area (Å²) in [5.41, 5.74) is 0.864. The number of terminal acetylenes is 1. The van der Waals surface area contributed by atoms with E-state index >= 15 is 0 Å². The zero-order valence-corrected chi connectivity index (χ0v) is 6.66. The maximum Gasteiger partial charge on any atom is 0.148 e. The topological polar surface area (TPSA) is 29.5 Å². The molecule has 1 aromatic carbocycles. The van der Waals surface area contributed by atoms with E-state index in [9.17, 15) is 0 Å². The van der Waals surface area contributed by atoms with E-state index in [1.54, 1.807) is 24.3 Å². The number of hydrogen-bond acceptors (Lipinski definition) is 2. The smallest absolute Gasteiger partial charge is 0.148 e. The van der Waals surface area contributed by atoms with Crippen molar-refractivity contribution in [2.24, 2.45) is 0 Å². The van der Waals surface area contributed by atoms with Crippen LogP contribution in [0.1, 0.15) is 13.0 Å². The summed E-state index contributed by atoms with van der Waals surface area (Å²) in [5, 5.41) is 8.73. The third-order valence-corrected chi connectivity index (χ3v) is 1.43. The van der Waals surface area contributed by atoms with Crippen LogP contribution in [-0.2, 0) is 6.61 Å². The number of rotatable bonds is 3. The summed E-state index contributed by atoms with van der Waals surface area (Å²) in [7, 11) is 0. The van der Waals surface area contributed by atoms with Crippen molar-refractivity contribution in [2.45, 2.75) is 14.0 Å². The second kappa shape index (κ2) is 6.10. The van der Waals surface area contributed by atoms with Crippen molar-refractivity contribution >= 4 is 0 Å². The minimum absolute atomic E-state index is 0. The number of aliphatic hydroxyl groups excluding tert-OH is 1. The van der Waals surface area contributed by atoms with E-state index in [-0.39, 0.29) is 20.6 Å². The van der Waals surface area contributed by atoms with E-state index in [0.29, 0.717) is 0 Å². The number of ether oxygens (including phenoxy) is 1. The van der Waals surface area contributed by atoms with Gasteiger partial charge in [0, 0.05) is 0 Å². The average molecular weight is 178 g/mol. The van der Waals surface area contributed by atoms with Crippen LogP contribution in [-0.4, -0.2) is 11.7 Å². The quantitative estimate of drug-likeness (QED) is 0.715. The van der Waals surface area contributed by atoms with Gasteiger partial charge in [-0.25, -0.2) is 0 Å². The molecule has 2 nitrogen and oxygen atoms in total. The van der Waals surface area contributed by atoms with Crippen molar-refractivity contribution in [1.29, 1.82) is 0 Å². The number of aliphatic hydroxyl groups is 1. The Morgan fingerprint density at radius 3 is 2.38 bits per heavy atom. The van der Waals surface area contributed by atoms with Crippen LogP contribution in [0, 0.1) is 12.3 Å². The highest BCUT2D eigenvalue weighted by atomic mass is 16.5. The predicted octanol–water partition coefficient (Wildman–Crippen LogP) is 1.83. The van der Waals surface area contributed by atoms with E-state index in [2.05, 4.69) is 5.92 Å². The number of hydrogen-bond donors (Lipinski definition) is 1. The SMILES string of the molecule is C.C#CCOc1ccc(CO)cc1. The van der Waals surface area contributed by atoms with Crippen molar-refractivity contribution in [1.82, 2.24) is 0 Å². The Morgan fingerprint density at radius 1 is 1.31 bits per heavy atom. The molecule has 0 saturated heterocycles. The Labute approximate surface area is 79.2 Å². The molecular formula is C11H14O2. The molecule has 1 aromatic rings. The summed E-state index contributed by atoms with van der Waals surface area (Å²) < 4.78 is 5.14. The summed E-state index contributed by atoms with van der Waals surface area (Å²) >= 11 is 0. The Kier molecular flexibility index (Phi) is 5.42. The summed E-state index contributed by atoms with van der Waals surface area (Å²) in [4.78, 5) is 0. The van der Waals surface area contributed by atoms with Crippen LogP contribution in [0.3, 0.4) is 0 Å². The van der Waals surface area contributed by atoms with Crippen molar-refractivity contribution < 1.29 is 9.84 Å². The monoisotopic (exact) mass is 178 g/mol. The molecule has 2 heteroatoms. The highest BCUT2D eigenvalue weighted by Gasteiger charge is 1.92. The van der Waals surface area contributed by atoms with Crippen molar-refractivity contribution in [3.8, 4) is 18.1 Å². The molecule has 0 heterocycles. The van der Waals surface area contributed by atoms with Gasteiger partial charge >= 0.3 is 0 Å². The summed E-state index contributed by atoms with van der Waals surface area (Å²) in [6.45, 7) is 0.327. The lowest BCUT2D eigenvalue weighted by Crippen LogP contribution is -1.93. The first-order valence-electron chi connectivity index (χ1n) is 3.63. The summed E-state index contributed by atoms with van der Waals surface area (Å²) in [5.74, 6) is 3.10. The average Bonchev–Trinajstić information content (AvgIpc) is 2.15. The van der Waals surface area contributed by atoms with Gasteiger partial charge in [0.05, 0.1) is 6.61 Å². The van der Waals surface area contributed by atoms with Crippen LogP contribution in [0.5, 0.6) is 5.75 Å². The summed E-state index contributed by atoms with van der Waals surface area (Å²) in [6.07, 6.45) is 5.02. The largest absolute Gasteiger partial charge is 0.481 e. The standard InChI is InChI=1S/C10H10O2.CH4/c1-2-7-12-10-5-3-9(8-11)4-6-10;/h1,3-6,11H,7-8H2;1H4. The van der Waals surface area contributed by atoms with Gasteiger partial charge in [-0.3, -0.25) is 0 Å². The fourth-order valence-electron chi connectivity index (χ4n) is 0.816. The molecule has 13 heavy (non-hydrogen) atoms. The van der Waals surface area contributed by atoms with Crippen LogP contribution < -0.4 is 4.74 Å². The maximum atomic E-state index is 8.73. The molecule has 0 aliphatic heterocycles. The van der Waals surface area contributed by atoms with Gasteiger partial charge in [-0.05, 0) is 17.7 Å². The highest BCUT2D eigenvalue weighted by molar-refractivity contribution is 5.27. The lowest BCUT2D eigenvalue weighted by molar-refractivity contribution is 0.281. The van der Waals surface area contributed by atoms with Gasteiger partial charge in [0.15, 0.2) is 0 Å². The van der Waals surface area contributed by atoms with Gasteiger partial charge in [-0.1, -0.05) is 25.5 Å². The van der Waals surface area contributed by atoms with Crippen LogP contribution >= 0.6 is 0 Å². The van der Waals surface area contributed by atoms with Crippen molar-refractivity contribution in [2.75, 3.05) is 6.61 Å². The molecule has 0 aliphatic rings. The molecule has 0 saturated carbocycles. The molecule has 0 fully saturated rings. The lowest BCUT2D eigenvalue weighted by Gasteiger charge is -2.01. The maximum absolute atomic E-state index is 8.73. The Balaban J connectivity index is 0.00000144. The first-order valence-corrected chi connectivity index (χ1v) is 3.63. The molecule has 0 amide bonds. The lowest BCUT2D eigenvalue weighted by atomic mass is 10.2. The van der Waals surface area contributed by atoms with Gasteiger partial charge in [0.1, 0.15) is 12.4 Å². The Bertz CT molecular complexity index is 269. The van der Waals surface area contributed by atoms with E-state index in [1.807, 2.05) is 0 Å². The molecule has 0 radical (unpaired) electrons.